The highest BCUT2D eigenvalue weighted by molar-refractivity contribution is 6.31. The molecule has 0 spiro atoms. The van der Waals surface area contributed by atoms with Crippen molar-refractivity contribution >= 4 is 28.6 Å². The molecule has 0 saturated heterocycles. The van der Waals surface area contributed by atoms with Gasteiger partial charge in [0.1, 0.15) is 5.82 Å². The van der Waals surface area contributed by atoms with Crippen molar-refractivity contribution in [2.45, 2.75) is 19.5 Å². The summed E-state index contributed by atoms with van der Waals surface area (Å²) in [6.07, 6.45) is 1.21. The summed E-state index contributed by atoms with van der Waals surface area (Å²) >= 11 is 6.14. The van der Waals surface area contributed by atoms with Crippen LogP contribution >= 0.6 is 11.6 Å². The first-order valence-electron chi connectivity index (χ1n) is 8.78. The SMILES string of the molecule is CCc1nn2ccc(Cl)cc2c1-c1cncc(Nc2ccc(C(F)(F)F)cc2)n1. The summed E-state index contributed by atoms with van der Waals surface area (Å²) in [4.78, 5) is 8.80. The average molecular weight is 418 g/mol. The number of aromatic nitrogens is 4. The van der Waals surface area contributed by atoms with E-state index in [0.29, 0.717) is 28.6 Å². The van der Waals surface area contributed by atoms with Gasteiger partial charge < -0.3 is 5.32 Å². The van der Waals surface area contributed by atoms with E-state index in [1.807, 2.05) is 6.92 Å². The number of fused-ring (bicyclic) bond motifs is 1. The van der Waals surface area contributed by atoms with E-state index < -0.39 is 11.7 Å². The van der Waals surface area contributed by atoms with Gasteiger partial charge in [0.05, 0.1) is 40.4 Å². The van der Waals surface area contributed by atoms with Crippen LogP contribution in [0.3, 0.4) is 0 Å². The fourth-order valence-electron chi connectivity index (χ4n) is 3.03. The molecule has 4 aromatic rings. The molecule has 9 heteroatoms. The average Bonchev–Trinajstić information content (AvgIpc) is 3.05. The van der Waals surface area contributed by atoms with Crippen LogP contribution in [0.25, 0.3) is 16.8 Å². The van der Waals surface area contributed by atoms with Gasteiger partial charge >= 0.3 is 6.18 Å². The zero-order chi connectivity index (χ0) is 20.6. The van der Waals surface area contributed by atoms with Gasteiger partial charge in [0.15, 0.2) is 0 Å². The molecule has 0 fully saturated rings. The second-order valence-corrected chi connectivity index (χ2v) is 6.78. The Morgan fingerprint density at radius 2 is 1.86 bits per heavy atom. The van der Waals surface area contributed by atoms with Crippen LogP contribution in [0.4, 0.5) is 24.7 Å². The number of benzene rings is 1. The van der Waals surface area contributed by atoms with Crippen molar-refractivity contribution in [1.82, 2.24) is 19.6 Å². The summed E-state index contributed by atoms with van der Waals surface area (Å²) in [6, 6.07) is 8.29. The first kappa shape index (κ1) is 19.2. The smallest absolute Gasteiger partial charge is 0.339 e. The molecule has 0 amide bonds. The van der Waals surface area contributed by atoms with Gasteiger partial charge in [0.25, 0.3) is 0 Å². The van der Waals surface area contributed by atoms with Crippen LogP contribution in [-0.2, 0) is 12.6 Å². The molecule has 4 rings (SSSR count). The summed E-state index contributed by atoms with van der Waals surface area (Å²) in [5.41, 5.74) is 2.82. The van der Waals surface area contributed by atoms with E-state index >= 15 is 0 Å². The molecule has 0 aliphatic rings. The van der Waals surface area contributed by atoms with Crippen LogP contribution in [0.1, 0.15) is 18.2 Å². The highest BCUT2D eigenvalue weighted by atomic mass is 35.5. The number of halogens is 4. The molecule has 0 radical (unpaired) electrons. The lowest BCUT2D eigenvalue weighted by Gasteiger charge is -2.10. The minimum atomic E-state index is -4.38. The molecule has 3 heterocycles. The second-order valence-electron chi connectivity index (χ2n) is 6.34. The lowest BCUT2D eigenvalue weighted by atomic mass is 10.1. The number of nitrogens with zero attached hydrogens (tertiary/aromatic N) is 4. The molecular formula is C20H15ClF3N5. The Balaban J connectivity index is 1.70. The van der Waals surface area contributed by atoms with Gasteiger partial charge in [-0.2, -0.15) is 18.3 Å². The van der Waals surface area contributed by atoms with Crippen LogP contribution in [0.15, 0.2) is 55.0 Å². The minimum absolute atomic E-state index is 0.408. The maximum atomic E-state index is 12.7. The van der Waals surface area contributed by atoms with Crippen molar-refractivity contribution in [2.75, 3.05) is 5.32 Å². The van der Waals surface area contributed by atoms with Crippen LogP contribution < -0.4 is 5.32 Å². The number of hydrogen-bond donors (Lipinski definition) is 1. The van der Waals surface area contributed by atoms with Gasteiger partial charge in [0.2, 0.25) is 0 Å². The fourth-order valence-corrected chi connectivity index (χ4v) is 3.19. The van der Waals surface area contributed by atoms with Crippen molar-refractivity contribution in [2.24, 2.45) is 0 Å². The molecule has 1 N–H and O–H groups in total. The molecule has 0 atom stereocenters. The Morgan fingerprint density at radius 3 is 2.55 bits per heavy atom. The van der Waals surface area contributed by atoms with Crippen molar-refractivity contribution in [1.29, 1.82) is 0 Å². The topological polar surface area (TPSA) is 55.1 Å². The third-order valence-electron chi connectivity index (χ3n) is 4.38. The third-order valence-corrected chi connectivity index (χ3v) is 4.61. The summed E-state index contributed by atoms with van der Waals surface area (Å²) in [5.74, 6) is 0.408. The molecule has 0 saturated carbocycles. The van der Waals surface area contributed by atoms with E-state index in [1.165, 1.54) is 18.3 Å². The summed E-state index contributed by atoms with van der Waals surface area (Å²) in [5, 5.41) is 8.12. The molecule has 1 aromatic carbocycles. The Kier molecular flexibility index (Phi) is 4.87. The molecular weight excluding hydrogens is 403 g/mol. The van der Waals surface area contributed by atoms with Crippen molar-refractivity contribution < 1.29 is 13.2 Å². The van der Waals surface area contributed by atoms with Gasteiger partial charge in [-0.05, 0) is 42.8 Å². The van der Waals surface area contributed by atoms with E-state index in [4.69, 9.17) is 11.6 Å². The molecule has 148 valence electrons. The van der Waals surface area contributed by atoms with E-state index in [-0.39, 0.29) is 0 Å². The molecule has 0 bridgehead atoms. The number of nitrogens with one attached hydrogen (secondary N) is 1. The Labute approximate surface area is 169 Å². The zero-order valence-electron chi connectivity index (χ0n) is 15.2. The van der Waals surface area contributed by atoms with Crippen LogP contribution in [-0.4, -0.2) is 19.6 Å². The number of pyridine rings is 1. The molecule has 0 aliphatic carbocycles. The predicted molar refractivity (Wildman–Crippen MR) is 105 cm³/mol. The number of rotatable bonds is 4. The maximum absolute atomic E-state index is 12.7. The van der Waals surface area contributed by atoms with Crippen LogP contribution in [0, 0.1) is 0 Å². The van der Waals surface area contributed by atoms with E-state index in [1.54, 1.807) is 29.0 Å². The van der Waals surface area contributed by atoms with E-state index in [2.05, 4.69) is 20.4 Å². The highest BCUT2D eigenvalue weighted by Gasteiger charge is 2.29. The normalized spacial score (nSPS) is 11.8. The van der Waals surface area contributed by atoms with Gasteiger partial charge in [-0.25, -0.2) is 9.50 Å². The Morgan fingerprint density at radius 1 is 1.10 bits per heavy atom. The summed E-state index contributed by atoms with van der Waals surface area (Å²) in [7, 11) is 0. The molecule has 3 aromatic heterocycles. The molecule has 29 heavy (non-hydrogen) atoms. The second kappa shape index (κ2) is 7.36. The third kappa shape index (κ3) is 3.88. The first-order chi connectivity index (χ1) is 13.8. The number of alkyl halides is 3. The van der Waals surface area contributed by atoms with Crippen LogP contribution in [0.2, 0.25) is 5.02 Å². The molecule has 0 unspecified atom stereocenters. The number of hydrogen-bond acceptors (Lipinski definition) is 4. The molecule has 5 nitrogen and oxygen atoms in total. The largest absolute Gasteiger partial charge is 0.416 e. The van der Waals surface area contributed by atoms with Gasteiger partial charge in [-0.3, -0.25) is 4.98 Å². The monoisotopic (exact) mass is 417 g/mol. The Bertz CT molecular complexity index is 1170. The minimum Gasteiger partial charge on any atom is -0.339 e. The lowest BCUT2D eigenvalue weighted by molar-refractivity contribution is -0.137. The summed E-state index contributed by atoms with van der Waals surface area (Å²) < 4.78 is 39.9. The van der Waals surface area contributed by atoms with Crippen LogP contribution in [0.5, 0.6) is 0 Å². The van der Waals surface area contributed by atoms with Crippen molar-refractivity contribution in [3.63, 3.8) is 0 Å². The van der Waals surface area contributed by atoms with Gasteiger partial charge in [-0.15, -0.1) is 0 Å². The predicted octanol–water partition coefficient (Wildman–Crippen LogP) is 5.77. The van der Waals surface area contributed by atoms with Crippen molar-refractivity contribution in [3.8, 4) is 11.3 Å². The van der Waals surface area contributed by atoms with Gasteiger partial charge in [-0.1, -0.05) is 18.5 Å². The van der Waals surface area contributed by atoms with E-state index in [0.717, 1.165) is 28.9 Å². The maximum Gasteiger partial charge on any atom is 0.416 e. The molecule has 0 aliphatic heterocycles. The lowest BCUT2D eigenvalue weighted by Crippen LogP contribution is -2.04. The Hall–Kier alpha value is -3.13. The van der Waals surface area contributed by atoms with Gasteiger partial charge in [0, 0.05) is 16.9 Å². The number of anilines is 2. The zero-order valence-corrected chi connectivity index (χ0v) is 16.0. The summed E-state index contributed by atoms with van der Waals surface area (Å²) in [6.45, 7) is 1.99. The fraction of sp³-hybridized carbons (Fsp3) is 0.150. The number of aryl methyl sites for hydroxylation is 1. The van der Waals surface area contributed by atoms with Crippen molar-refractivity contribution in [3.05, 3.63) is 71.3 Å². The quantitative estimate of drug-likeness (QED) is 0.458. The first-order valence-corrected chi connectivity index (χ1v) is 9.16. The van der Waals surface area contributed by atoms with E-state index in [9.17, 15) is 13.2 Å². The highest BCUT2D eigenvalue weighted by Crippen LogP contribution is 2.31. The standard InChI is InChI=1S/C20H15ClF3N5/c1-2-15-19(17-9-13(21)7-8-29(17)28-15)16-10-25-11-18(27-16)26-14-5-3-12(4-6-14)20(22,23)24/h3-11H,2H2,1H3,(H,26,27).